The summed E-state index contributed by atoms with van der Waals surface area (Å²) >= 11 is 0. The number of nitrogens with two attached hydrogens (primary N) is 1. The highest BCUT2D eigenvalue weighted by Crippen LogP contribution is 2.44. The molecule has 2 aromatic rings. The Balaban J connectivity index is 1.65. The average molecular weight is 482 g/mol. The minimum atomic E-state index is -0.763. The first-order valence-corrected chi connectivity index (χ1v) is 12.0. The van der Waals surface area contributed by atoms with Gasteiger partial charge in [0.2, 0.25) is 0 Å². The number of rotatable bonds is 5. The summed E-state index contributed by atoms with van der Waals surface area (Å²) in [4.78, 5) is 22.5. The highest BCUT2D eigenvalue weighted by atomic mass is 19.1. The first kappa shape index (κ1) is 24.9. The second-order valence-electron chi connectivity index (χ2n) is 10.5. The standard InChI is InChI=1S/C26H32FN5O3/c1-26(2,3)23-21(34-24(29)33)5-4-10-32(23)20-11-18(17-6-8-19(27)9-7-17)12-22(20)35-25-30-14-16(13-28)15-31-25/h6-9,14-15,18,20-23H,4-5,10-12H2,1-3H3,(H2,29,33)/t18?,20?,21-,22?,23?/m1/s1. The second kappa shape index (κ2) is 10.2. The number of piperidine rings is 1. The van der Waals surface area contributed by atoms with Crippen molar-refractivity contribution < 1.29 is 18.7 Å². The number of aromatic nitrogens is 2. The minimum Gasteiger partial charge on any atom is -0.458 e. The maximum atomic E-state index is 13.6. The van der Waals surface area contributed by atoms with Gasteiger partial charge >= 0.3 is 12.1 Å². The number of primary amides is 1. The lowest BCUT2D eigenvalue weighted by Crippen LogP contribution is -2.61. The molecule has 1 aromatic heterocycles. The largest absolute Gasteiger partial charge is 0.458 e. The van der Waals surface area contributed by atoms with E-state index in [1.807, 2.05) is 18.2 Å². The van der Waals surface area contributed by atoms with E-state index < -0.39 is 6.09 Å². The molecule has 0 spiro atoms. The highest BCUT2D eigenvalue weighted by molar-refractivity contribution is 5.64. The molecule has 186 valence electrons. The van der Waals surface area contributed by atoms with Crippen LogP contribution in [0.5, 0.6) is 6.01 Å². The Morgan fingerprint density at radius 2 is 1.86 bits per heavy atom. The summed E-state index contributed by atoms with van der Waals surface area (Å²) in [5.74, 6) is -0.112. The van der Waals surface area contributed by atoms with E-state index in [0.29, 0.717) is 12.0 Å². The molecule has 5 atom stereocenters. The Morgan fingerprint density at radius 3 is 2.46 bits per heavy atom. The molecule has 1 aliphatic heterocycles. The summed E-state index contributed by atoms with van der Waals surface area (Å²) in [5, 5.41) is 9.05. The predicted octanol–water partition coefficient (Wildman–Crippen LogP) is 4.16. The third kappa shape index (κ3) is 5.70. The fourth-order valence-corrected chi connectivity index (χ4v) is 5.72. The molecule has 9 heteroatoms. The van der Waals surface area contributed by atoms with Crippen LogP contribution < -0.4 is 10.5 Å². The number of hydrogen-bond donors (Lipinski definition) is 1. The molecular formula is C26H32FN5O3. The number of hydrogen-bond acceptors (Lipinski definition) is 7. The van der Waals surface area contributed by atoms with Crippen molar-refractivity contribution >= 4 is 6.09 Å². The molecule has 35 heavy (non-hydrogen) atoms. The fraction of sp³-hybridized carbons (Fsp3) is 0.538. The first-order valence-electron chi connectivity index (χ1n) is 12.0. The molecule has 1 saturated heterocycles. The van der Waals surface area contributed by atoms with E-state index in [-0.39, 0.29) is 47.5 Å². The SMILES string of the molecule is CC(C)(C)C1[C@H](OC(N)=O)CCCN1C1CC(c2ccc(F)cc2)CC1Oc1ncc(C#N)cn1. The highest BCUT2D eigenvalue weighted by Gasteiger charge is 2.49. The van der Waals surface area contributed by atoms with E-state index in [9.17, 15) is 9.18 Å². The molecule has 0 radical (unpaired) electrons. The molecule has 1 aromatic carbocycles. The molecule has 1 amide bonds. The Morgan fingerprint density at radius 1 is 1.17 bits per heavy atom. The molecule has 2 aliphatic rings. The maximum absolute atomic E-state index is 13.6. The number of ether oxygens (including phenoxy) is 2. The van der Waals surface area contributed by atoms with Crippen LogP contribution in [0, 0.1) is 22.6 Å². The number of amides is 1. The van der Waals surface area contributed by atoms with E-state index >= 15 is 0 Å². The first-order chi connectivity index (χ1) is 16.7. The number of carbonyl (C=O) groups excluding carboxylic acids is 1. The van der Waals surface area contributed by atoms with Gasteiger partial charge in [0.15, 0.2) is 0 Å². The quantitative estimate of drug-likeness (QED) is 0.682. The van der Waals surface area contributed by atoms with Crippen molar-refractivity contribution in [2.75, 3.05) is 6.54 Å². The normalized spacial score (nSPS) is 27.2. The van der Waals surface area contributed by atoms with Crippen molar-refractivity contribution in [3.63, 3.8) is 0 Å². The van der Waals surface area contributed by atoms with Gasteiger partial charge in [0.1, 0.15) is 24.1 Å². The summed E-state index contributed by atoms with van der Waals surface area (Å²) in [6, 6.07) is 8.78. The van der Waals surface area contributed by atoms with Crippen molar-refractivity contribution in [1.82, 2.24) is 14.9 Å². The lowest BCUT2D eigenvalue weighted by molar-refractivity contribution is -0.0783. The third-order valence-electron chi connectivity index (χ3n) is 7.02. The zero-order valence-corrected chi connectivity index (χ0v) is 20.4. The van der Waals surface area contributed by atoms with Crippen LogP contribution in [-0.4, -0.2) is 51.8 Å². The molecule has 1 aliphatic carbocycles. The van der Waals surface area contributed by atoms with Gasteiger partial charge in [0.05, 0.1) is 24.0 Å². The van der Waals surface area contributed by atoms with Gasteiger partial charge in [-0.05, 0) is 61.3 Å². The zero-order chi connectivity index (χ0) is 25.2. The van der Waals surface area contributed by atoms with Gasteiger partial charge in [0, 0.05) is 6.04 Å². The Kier molecular flexibility index (Phi) is 7.22. The number of likely N-dealkylation sites (tertiary alicyclic amines) is 1. The van der Waals surface area contributed by atoms with Gasteiger partial charge in [-0.25, -0.2) is 19.2 Å². The lowest BCUT2D eigenvalue weighted by Gasteiger charge is -2.50. The molecular weight excluding hydrogens is 449 g/mol. The molecule has 0 bridgehead atoms. The van der Waals surface area contributed by atoms with Crippen LogP contribution in [0.1, 0.15) is 63.5 Å². The summed E-state index contributed by atoms with van der Waals surface area (Å²) in [6.07, 6.45) is 4.67. The average Bonchev–Trinajstić information content (AvgIpc) is 3.22. The summed E-state index contributed by atoms with van der Waals surface area (Å²) in [6.45, 7) is 7.24. The maximum Gasteiger partial charge on any atom is 0.404 e. The smallest absolute Gasteiger partial charge is 0.404 e. The molecule has 8 nitrogen and oxygen atoms in total. The Hall–Kier alpha value is -3.25. The van der Waals surface area contributed by atoms with Crippen LogP contribution in [-0.2, 0) is 4.74 Å². The van der Waals surface area contributed by atoms with Crippen LogP contribution in [0.2, 0.25) is 0 Å². The summed E-state index contributed by atoms with van der Waals surface area (Å²) in [5.41, 5.74) is 6.64. The molecule has 4 unspecified atom stereocenters. The summed E-state index contributed by atoms with van der Waals surface area (Å²) < 4.78 is 25.5. The monoisotopic (exact) mass is 481 g/mol. The van der Waals surface area contributed by atoms with Gasteiger partial charge in [-0.2, -0.15) is 5.26 Å². The number of nitriles is 1. The number of benzene rings is 1. The van der Waals surface area contributed by atoms with E-state index in [1.165, 1.54) is 24.5 Å². The zero-order valence-electron chi connectivity index (χ0n) is 20.4. The molecule has 2 N–H and O–H groups in total. The van der Waals surface area contributed by atoms with Crippen LogP contribution in [0.4, 0.5) is 9.18 Å². The topological polar surface area (TPSA) is 114 Å². The van der Waals surface area contributed by atoms with Gasteiger partial charge in [-0.15, -0.1) is 0 Å². The van der Waals surface area contributed by atoms with Crippen molar-refractivity contribution in [3.8, 4) is 12.1 Å². The van der Waals surface area contributed by atoms with Crippen molar-refractivity contribution in [2.24, 2.45) is 11.1 Å². The van der Waals surface area contributed by atoms with Crippen molar-refractivity contribution in [3.05, 3.63) is 53.6 Å². The third-order valence-corrected chi connectivity index (χ3v) is 7.02. The summed E-state index contributed by atoms with van der Waals surface area (Å²) in [7, 11) is 0. The van der Waals surface area contributed by atoms with Crippen LogP contribution in [0.25, 0.3) is 0 Å². The van der Waals surface area contributed by atoms with E-state index in [1.54, 1.807) is 0 Å². The van der Waals surface area contributed by atoms with Gasteiger partial charge in [-0.3, -0.25) is 4.90 Å². The molecule has 4 rings (SSSR count). The molecule has 2 heterocycles. The van der Waals surface area contributed by atoms with Crippen LogP contribution >= 0.6 is 0 Å². The molecule has 2 fully saturated rings. The van der Waals surface area contributed by atoms with Gasteiger partial charge in [0.25, 0.3) is 0 Å². The predicted molar refractivity (Wildman–Crippen MR) is 127 cm³/mol. The van der Waals surface area contributed by atoms with E-state index in [2.05, 4.69) is 35.6 Å². The van der Waals surface area contributed by atoms with Crippen molar-refractivity contribution in [2.45, 2.75) is 76.7 Å². The Labute approximate surface area is 205 Å². The second-order valence-corrected chi connectivity index (χ2v) is 10.5. The fourth-order valence-electron chi connectivity index (χ4n) is 5.72. The lowest BCUT2D eigenvalue weighted by atomic mass is 9.77. The number of nitrogens with zero attached hydrogens (tertiary/aromatic N) is 4. The van der Waals surface area contributed by atoms with Crippen LogP contribution in [0.15, 0.2) is 36.7 Å². The molecule has 1 saturated carbocycles. The number of carbonyl (C=O) groups is 1. The van der Waals surface area contributed by atoms with Crippen molar-refractivity contribution in [1.29, 1.82) is 5.26 Å². The number of halogens is 1. The van der Waals surface area contributed by atoms with Crippen LogP contribution in [0.3, 0.4) is 0 Å². The van der Waals surface area contributed by atoms with Gasteiger partial charge in [-0.1, -0.05) is 32.9 Å². The van der Waals surface area contributed by atoms with E-state index in [0.717, 1.165) is 31.4 Å². The minimum absolute atomic E-state index is 0.00667. The van der Waals surface area contributed by atoms with Gasteiger partial charge < -0.3 is 15.2 Å². The van der Waals surface area contributed by atoms with E-state index in [4.69, 9.17) is 20.5 Å². The Bertz CT molecular complexity index is 1060.